The lowest BCUT2D eigenvalue weighted by molar-refractivity contribution is 0.0746. The average molecular weight is 413 g/mol. The molecule has 0 unspecified atom stereocenters. The molecule has 2 aromatic carbocycles. The quantitative estimate of drug-likeness (QED) is 0.734. The number of anilines is 1. The predicted octanol–water partition coefficient (Wildman–Crippen LogP) is 2.15. The van der Waals surface area contributed by atoms with Crippen molar-refractivity contribution in [1.82, 2.24) is 9.62 Å². The van der Waals surface area contributed by atoms with Crippen LogP contribution >= 0.6 is 0 Å². The maximum atomic E-state index is 12.8. The summed E-state index contributed by atoms with van der Waals surface area (Å²) in [4.78, 5) is 16.9. The molecule has 1 N–H and O–H groups in total. The van der Waals surface area contributed by atoms with Crippen LogP contribution < -0.4 is 9.62 Å². The van der Waals surface area contributed by atoms with E-state index in [0.717, 1.165) is 18.8 Å². The van der Waals surface area contributed by atoms with Gasteiger partial charge in [0, 0.05) is 50.4 Å². The number of aryl methyl sites for hydroxylation is 1. The molecule has 0 atom stereocenters. The van der Waals surface area contributed by atoms with Gasteiger partial charge >= 0.3 is 0 Å². The molecule has 0 aliphatic carbocycles. The first-order valence-electron chi connectivity index (χ1n) is 9.48. The van der Waals surface area contributed by atoms with Crippen LogP contribution in [0.2, 0.25) is 0 Å². The topological polar surface area (TPSA) is 93.5 Å². The Kier molecular flexibility index (Phi) is 6.52. The number of carbonyl (C=O) groups is 1. The zero-order chi connectivity index (χ0) is 20.9. The summed E-state index contributed by atoms with van der Waals surface area (Å²) in [5.74, 6) is -0.102. The second-order valence-corrected chi connectivity index (χ2v) is 8.72. The van der Waals surface area contributed by atoms with E-state index in [2.05, 4.69) is 34.7 Å². The van der Waals surface area contributed by atoms with Crippen molar-refractivity contribution in [2.45, 2.75) is 18.2 Å². The number of piperazine rings is 1. The predicted molar refractivity (Wildman–Crippen MR) is 111 cm³/mol. The minimum atomic E-state index is -3.67. The van der Waals surface area contributed by atoms with Gasteiger partial charge < -0.3 is 9.80 Å². The monoisotopic (exact) mass is 412 g/mol. The Morgan fingerprint density at radius 2 is 1.79 bits per heavy atom. The van der Waals surface area contributed by atoms with Crippen molar-refractivity contribution >= 4 is 21.6 Å². The van der Waals surface area contributed by atoms with E-state index >= 15 is 0 Å². The second-order valence-electron chi connectivity index (χ2n) is 6.95. The number of nitriles is 1. The van der Waals surface area contributed by atoms with Crippen LogP contribution in [0.3, 0.4) is 0 Å². The Morgan fingerprint density at radius 1 is 1.10 bits per heavy atom. The van der Waals surface area contributed by atoms with Crippen LogP contribution in [0.15, 0.2) is 53.4 Å². The SMILES string of the molecule is Cc1cccc(N2CCN(C(=O)c3ccc(S(=O)(=O)NCCC#N)cc3)CC2)c1. The zero-order valence-corrected chi connectivity index (χ0v) is 17.2. The maximum absolute atomic E-state index is 12.8. The number of rotatable bonds is 6. The molecule has 1 aliphatic rings. The summed E-state index contributed by atoms with van der Waals surface area (Å²) in [6, 6.07) is 16.1. The van der Waals surface area contributed by atoms with Crippen molar-refractivity contribution < 1.29 is 13.2 Å². The van der Waals surface area contributed by atoms with Gasteiger partial charge in [0.1, 0.15) is 0 Å². The third-order valence-electron chi connectivity index (χ3n) is 4.87. The van der Waals surface area contributed by atoms with Crippen LogP contribution in [-0.4, -0.2) is 51.9 Å². The smallest absolute Gasteiger partial charge is 0.253 e. The Balaban J connectivity index is 1.61. The number of nitrogens with zero attached hydrogens (tertiary/aromatic N) is 3. The fourth-order valence-corrected chi connectivity index (χ4v) is 4.31. The van der Waals surface area contributed by atoms with Crippen molar-refractivity contribution in [3.8, 4) is 6.07 Å². The minimum absolute atomic E-state index is 0.0602. The van der Waals surface area contributed by atoms with Gasteiger partial charge in [0.25, 0.3) is 5.91 Å². The number of nitrogens with one attached hydrogen (secondary N) is 1. The highest BCUT2D eigenvalue weighted by Crippen LogP contribution is 2.19. The number of carbonyl (C=O) groups excluding carboxylic acids is 1. The highest BCUT2D eigenvalue weighted by atomic mass is 32.2. The van der Waals surface area contributed by atoms with E-state index in [4.69, 9.17) is 5.26 Å². The Morgan fingerprint density at radius 3 is 2.41 bits per heavy atom. The number of benzene rings is 2. The molecule has 1 heterocycles. The lowest BCUT2D eigenvalue weighted by atomic mass is 10.1. The van der Waals surface area contributed by atoms with E-state index in [0.29, 0.717) is 18.7 Å². The molecule has 0 aromatic heterocycles. The van der Waals surface area contributed by atoms with E-state index in [1.165, 1.54) is 29.8 Å². The highest BCUT2D eigenvalue weighted by molar-refractivity contribution is 7.89. The van der Waals surface area contributed by atoms with Crippen molar-refractivity contribution in [2.24, 2.45) is 0 Å². The number of hydrogen-bond donors (Lipinski definition) is 1. The number of amides is 1. The molecule has 0 bridgehead atoms. The number of hydrogen-bond acceptors (Lipinski definition) is 5. The lowest BCUT2D eigenvalue weighted by Crippen LogP contribution is -2.48. The summed E-state index contributed by atoms with van der Waals surface area (Å²) in [6.45, 7) is 4.86. The molecule has 1 amide bonds. The molecular formula is C21H24N4O3S. The summed E-state index contributed by atoms with van der Waals surface area (Å²) in [6.07, 6.45) is 0.102. The summed E-state index contributed by atoms with van der Waals surface area (Å²) < 4.78 is 26.7. The van der Waals surface area contributed by atoms with Crippen LogP contribution in [-0.2, 0) is 10.0 Å². The average Bonchev–Trinajstić information content (AvgIpc) is 2.73. The summed E-state index contributed by atoms with van der Waals surface area (Å²) in [5.41, 5.74) is 2.83. The van der Waals surface area contributed by atoms with Gasteiger partial charge in [-0.25, -0.2) is 13.1 Å². The fourth-order valence-electron chi connectivity index (χ4n) is 3.28. The normalized spacial score (nSPS) is 14.5. The van der Waals surface area contributed by atoms with Gasteiger partial charge in [0.05, 0.1) is 11.0 Å². The summed E-state index contributed by atoms with van der Waals surface area (Å²) >= 11 is 0. The molecule has 1 fully saturated rings. The Labute approximate surface area is 171 Å². The van der Waals surface area contributed by atoms with E-state index in [9.17, 15) is 13.2 Å². The number of sulfonamides is 1. The lowest BCUT2D eigenvalue weighted by Gasteiger charge is -2.36. The van der Waals surface area contributed by atoms with Crippen molar-refractivity contribution in [2.75, 3.05) is 37.6 Å². The standard InChI is InChI=1S/C21H24N4O3S/c1-17-4-2-5-19(16-17)24-12-14-25(15-13-24)21(26)18-6-8-20(9-7-18)29(27,28)23-11-3-10-22/h2,4-9,16,23H,3,11-15H2,1H3. The third kappa shape index (κ3) is 5.13. The van der Waals surface area contributed by atoms with E-state index in [-0.39, 0.29) is 23.8 Å². The van der Waals surface area contributed by atoms with Crippen LogP contribution in [0.1, 0.15) is 22.3 Å². The van der Waals surface area contributed by atoms with Crippen LogP contribution in [0.25, 0.3) is 0 Å². The van der Waals surface area contributed by atoms with Gasteiger partial charge in [0.2, 0.25) is 10.0 Å². The molecular weight excluding hydrogens is 388 g/mol. The van der Waals surface area contributed by atoms with E-state index in [1.54, 1.807) is 4.90 Å². The second kappa shape index (κ2) is 9.07. The van der Waals surface area contributed by atoms with Crippen molar-refractivity contribution in [1.29, 1.82) is 5.26 Å². The zero-order valence-electron chi connectivity index (χ0n) is 16.3. The van der Waals surface area contributed by atoms with Gasteiger partial charge in [-0.1, -0.05) is 12.1 Å². The molecule has 8 heteroatoms. The molecule has 7 nitrogen and oxygen atoms in total. The molecule has 0 saturated carbocycles. The van der Waals surface area contributed by atoms with Crippen LogP contribution in [0.4, 0.5) is 5.69 Å². The van der Waals surface area contributed by atoms with Gasteiger partial charge in [-0.3, -0.25) is 4.79 Å². The first-order chi connectivity index (χ1) is 13.9. The Bertz CT molecular complexity index is 1000. The summed E-state index contributed by atoms with van der Waals surface area (Å²) in [7, 11) is -3.67. The van der Waals surface area contributed by atoms with Crippen molar-refractivity contribution in [3.05, 3.63) is 59.7 Å². The van der Waals surface area contributed by atoms with Crippen LogP contribution in [0, 0.1) is 18.3 Å². The summed E-state index contributed by atoms with van der Waals surface area (Å²) in [5, 5.41) is 8.52. The molecule has 1 saturated heterocycles. The molecule has 1 aliphatic heterocycles. The highest BCUT2D eigenvalue weighted by Gasteiger charge is 2.23. The molecule has 0 radical (unpaired) electrons. The van der Waals surface area contributed by atoms with Gasteiger partial charge in [0.15, 0.2) is 0 Å². The first-order valence-corrected chi connectivity index (χ1v) is 11.0. The minimum Gasteiger partial charge on any atom is -0.368 e. The molecule has 3 rings (SSSR count). The molecule has 152 valence electrons. The molecule has 2 aromatic rings. The van der Waals surface area contributed by atoms with E-state index in [1.807, 2.05) is 12.1 Å². The van der Waals surface area contributed by atoms with Gasteiger partial charge in [-0.15, -0.1) is 0 Å². The Hall–Kier alpha value is -2.89. The molecule has 0 spiro atoms. The van der Waals surface area contributed by atoms with E-state index < -0.39 is 10.0 Å². The first kappa shape index (κ1) is 20.8. The van der Waals surface area contributed by atoms with Gasteiger partial charge in [-0.05, 0) is 48.9 Å². The fraction of sp³-hybridized carbons (Fsp3) is 0.333. The van der Waals surface area contributed by atoms with Crippen molar-refractivity contribution in [3.63, 3.8) is 0 Å². The molecule has 29 heavy (non-hydrogen) atoms. The maximum Gasteiger partial charge on any atom is 0.253 e. The third-order valence-corrected chi connectivity index (χ3v) is 6.35. The largest absolute Gasteiger partial charge is 0.368 e. The van der Waals surface area contributed by atoms with Crippen LogP contribution in [0.5, 0.6) is 0 Å². The van der Waals surface area contributed by atoms with Gasteiger partial charge in [-0.2, -0.15) is 5.26 Å².